The molecule has 1 unspecified atom stereocenters. The standard InChI is InChI=1S/C17H15BrN2O3S/c1-8-10(3)24-16-13(8)15(21)19-14(20-16)9(2)23-17(22)11-4-6-12(18)7-5-11/h4-7,9H,1-3H3,(H,19,20,21). The van der Waals surface area contributed by atoms with E-state index in [1.165, 1.54) is 11.3 Å². The number of H-pyrrole nitrogens is 1. The summed E-state index contributed by atoms with van der Waals surface area (Å²) >= 11 is 4.78. The third kappa shape index (κ3) is 3.14. The minimum Gasteiger partial charge on any atom is -0.451 e. The van der Waals surface area contributed by atoms with Crippen molar-refractivity contribution in [2.75, 3.05) is 0 Å². The average molecular weight is 407 g/mol. The van der Waals surface area contributed by atoms with E-state index in [1.807, 2.05) is 13.8 Å². The van der Waals surface area contributed by atoms with Gasteiger partial charge in [-0.25, -0.2) is 9.78 Å². The van der Waals surface area contributed by atoms with Crippen LogP contribution in [0.15, 0.2) is 33.5 Å². The number of halogens is 1. The number of hydrogen-bond donors (Lipinski definition) is 1. The van der Waals surface area contributed by atoms with Crippen LogP contribution in [0.3, 0.4) is 0 Å². The number of nitrogens with one attached hydrogen (secondary N) is 1. The molecule has 0 spiro atoms. The van der Waals surface area contributed by atoms with Crippen LogP contribution in [-0.4, -0.2) is 15.9 Å². The van der Waals surface area contributed by atoms with Crippen molar-refractivity contribution in [1.82, 2.24) is 9.97 Å². The third-order valence-corrected chi connectivity index (χ3v) is 5.44. The first-order valence-corrected chi connectivity index (χ1v) is 8.94. The number of aromatic amines is 1. The van der Waals surface area contributed by atoms with Gasteiger partial charge in [0.05, 0.1) is 10.9 Å². The minimum absolute atomic E-state index is 0.205. The number of aromatic nitrogens is 2. The van der Waals surface area contributed by atoms with Crippen molar-refractivity contribution in [1.29, 1.82) is 0 Å². The highest BCUT2D eigenvalue weighted by molar-refractivity contribution is 9.10. The average Bonchev–Trinajstić information content (AvgIpc) is 2.82. The zero-order valence-corrected chi connectivity index (χ0v) is 15.7. The largest absolute Gasteiger partial charge is 0.451 e. The number of aryl methyl sites for hydroxylation is 2. The van der Waals surface area contributed by atoms with Crippen LogP contribution in [0.4, 0.5) is 0 Å². The third-order valence-electron chi connectivity index (χ3n) is 3.81. The van der Waals surface area contributed by atoms with Gasteiger partial charge in [-0.1, -0.05) is 15.9 Å². The quantitative estimate of drug-likeness (QED) is 0.658. The van der Waals surface area contributed by atoms with E-state index in [2.05, 4.69) is 25.9 Å². The molecule has 2 heterocycles. The van der Waals surface area contributed by atoms with Gasteiger partial charge in [0.15, 0.2) is 11.9 Å². The Balaban J connectivity index is 1.88. The molecule has 0 aliphatic rings. The number of carbonyl (C=O) groups is 1. The number of nitrogens with zero attached hydrogens (tertiary/aromatic N) is 1. The fraction of sp³-hybridized carbons (Fsp3) is 0.235. The van der Waals surface area contributed by atoms with Gasteiger partial charge in [-0.2, -0.15) is 0 Å². The van der Waals surface area contributed by atoms with E-state index in [-0.39, 0.29) is 5.56 Å². The summed E-state index contributed by atoms with van der Waals surface area (Å²) in [6.45, 7) is 5.55. The summed E-state index contributed by atoms with van der Waals surface area (Å²) in [5.74, 6) is -0.115. The van der Waals surface area contributed by atoms with Crippen LogP contribution in [0.5, 0.6) is 0 Å². The minimum atomic E-state index is -0.652. The fourth-order valence-corrected chi connectivity index (χ4v) is 3.64. The van der Waals surface area contributed by atoms with Gasteiger partial charge >= 0.3 is 5.97 Å². The Morgan fingerprint density at radius 1 is 1.29 bits per heavy atom. The van der Waals surface area contributed by atoms with Crippen LogP contribution in [-0.2, 0) is 4.74 Å². The smallest absolute Gasteiger partial charge is 0.338 e. The molecule has 0 bridgehead atoms. The van der Waals surface area contributed by atoms with Crippen LogP contribution < -0.4 is 5.56 Å². The second kappa shape index (κ2) is 6.49. The first-order chi connectivity index (χ1) is 11.4. The Labute approximate surface area is 150 Å². The number of benzene rings is 1. The van der Waals surface area contributed by atoms with Gasteiger partial charge in [-0.05, 0) is 50.6 Å². The molecule has 1 aromatic carbocycles. The van der Waals surface area contributed by atoms with Gasteiger partial charge in [0, 0.05) is 9.35 Å². The normalized spacial score (nSPS) is 12.3. The maximum absolute atomic E-state index is 12.3. The zero-order valence-electron chi connectivity index (χ0n) is 13.3. The van der Waals surface area contributed by atoms with Gasteiger partial charge in [0.2, 0.25) is 0 Å². The molecule has 7 heteroatoms. The number of hydrogen-bond acceptors (Lipinski definition) is 5. The Morgan fingerprint density at radius 3 is 2.62 bits per heavy atom. The van der Waals surface area contributed by atoms with E-state index >= 15 is 0 Å². The Morgan fingerprint density at radius 2 is 1.96 bits per heavy atom. The molecule has 0 fully saturated rings. The van der Waals surface area contributed by atoms with Gasteiger partial charge in [-0.3, -0.25) is 4.79 Å². The predicted molar refractivity (Wildman–Crippen MR) is 97.7 cm³/mol. The molecule has 1 atom stereocenters. The Kier molecular flexibility index (Phi) is 4.56. The Hall–Kier alpha value is -1.99. The number of rotatable bonds is 3. The number of fused-ring (bicyclic) bond motifs is 1. The van der Waals surface area contributed by atoms with E-state index in [1.54, 1.807) is 31.2 Å². The van der Waals surface area contributed by atoms with Crippen molar-refractivity contribution in [2.45, 2.75) is 26.9 Å². The van der Waals surface area contributed by atoms with Crippen molar-refractivity contribution in [3.63, 3.8) is 0 Å². The van der Waals surface area contributed by atoms with E-state index < -0.39 is 12.1 Å². The molecule has 0 saturated carbocycles. The van der Waals surface area contributed by atoms with Crippen LogP contribution >= 0.6 is 27.3 Å². The molecule has 3 aromatic rings. The van der Waals surface area contributed by atoms with E-state index in [4.69, 9.17) is 4.74 Å². The van der Waals surface area contributed by atoms with Gasteiger partial charge < -0.3 is 9.72 Å². The molecule has 0 amide bonds. The van der Waals surface area contributed by atoms with Crippen LogP contribution in [0.1, 0.15) is 39.7 Å². The van der Waals surface area contributed by atoms with Crippen LogP contribution in [0, 0.1) is 13.8 Å². The van der Waals surface area contributed by atoms with Crippen molar-refractivity contribution in [2.24, 2.45) is 0 Å². The first kappa shape index (κ1) is 16.9. The molecule has 2 aromatic heterocycles. The second-order valence-corrected chi connectivity index (χ2v) is 7.59. The van der Waals surface area contributed by atoms with Gasteiger partial charge in [-0.15, -0.1) is 11.3 Å². The summed E-state index contributed by atoms with van der Waals surface area (Å²) in [4.78, 5) is 33.4. The highest BCUT2D eigenvalue weighted by atomic mass is 79.9. The van der Waals surface area contributed by atoms with Crippen LogP contribution in [0.25, 0.3) is 10.2 Å². The summed E-state index contributed by atoms with van der Waals surface area (Å²) in [5, 5.41) is 0.604. The summed E-state index contributed by atoms with van der Waals surface area (Å²) in [6.07, 6.45) is -0.652. The van der Waals surface area contributed by atoms with Gasteiger partial charge in [0.25, 0.3) is 5.56 Å². The Bertz CT molecular complexity index is 976. The zero-order chi connectivity index (χ0) is 17.4. The molecular weight excluding hydrogens is 392 g/mol. The lowest BCUT2D eigenvalue weighted by Gasteiger charge is -2.12. The lowest BCUT2D eigenvalue weighted by molar-refractivity contribution is 0.0320. The monoisotopic (exact) mass is 406 g/mol. The number of ether oxygens (including phenoxy) is 1. The van der Waals surface area contributed by atoms with Crippen molar-refractivity contribution in [3.8, 4) is 0 Å². The highest BCUT2D eigenvalue weighted by Gasteiger charge is 2.19. The summed E-state index contributed by atoms with van der Waals surface area (Å²) in [5.41, 5.74) is 1.18. The van der Waals surface area contributed by atoms with Gasteiger partial charge in [0.1, 0.15) is 4.83 Å². The van der Waals surface area contributed by atoms with Crippen molar-refractivity contribution >= 4 is 43.5 Å². The van der Waals surface area contributed by atoms with E-state index in [9.17, 15) is 9.59 Å². The van der Waals surface area contributed by atoms with Crippen molar-refractivity contribution < 1.29 is 9.53 Å². The number of esters is 1. The van der Waals surface area contributed by atoms with E-state index in [0.717, 1.165) is 14.9 Å². The second-order valence-electron chi connectivity index (χ2n) is 5.47. The molecule has 0 aliphatic carbocycles. The van der Waals surface area contributed by atoms with Crippen LogP contribution in [0.2, 0.25) is 0 Å². The van der Waals surface area contributed by atoms with E-state index in [0.29, 0.717) is 21.6 Å². The molecule has 24 heavy (non-hydrogen) atoms. The SMILES string of the molecule is Cc1sc2nc(C(C)OC(=O)c3ccc(Br)cc3)[nH]c(=O)c2c1C. The maximum Gasteiger partial charge on any atom is 0.338 e. The molecule has 1 N–H and O–H groups in total. The highest BCUT2D eigenvalue weighted by Crippen LogP contribution is 2.27. The molecule has 0 saturated heterocycles. The maximum atomic E-state index is 12.3. The molecule has 5 nitrogen and oxygen atoms in total. The van der Waals surface area contributed by atoms with Crippen molar-refractivity contribution in [3.05, 3.63) is 60.9 Å². The summed E-state index contributed by atoms with van der Waals surface area (Å²) in [7, 11) is 0. The predicted octanol–water partition coefficient (Wildman–Crippen LogP) is 4.28. The molecule has 0 aliphatic heterocycles. The molecule has 3 rings (SSSR count). The molecule has 124 valence electrons. The summed E-state index contributed by atoms with van der Waals surface area (Å²) < 4.78 is 6.30. The topological polar surface area (TPSA) is 72.0 Å². The lowest BCUT2D eigenvalue weighted by atomic mass is 10.2. The summed E-state index contributed by atoms with van der Waals surface area (Å²) in [6, 6.07) is 6.88. The first-order valence-electron chi connectivity index (χ1n) is 7.33. The number of carbonyl (C=O) groups excluding carboxylic acids is 1. The molecule has 0 radical (unpaired) electrons. The molecular formula is C17H15BrN2O3S. The number of thiophene rings is 1. The fourth-order valence-electron chi connectivity index (χ4n) is 2.33. The lowest BCUT2D eigenvalue weighted by Crippen LogP contribution is -2.17.